The molecular formula is C15H21N3O. The third-order valence-corrected chi connectivity index (χ3v) is 5.71. The van der Waals surface area contributed by atoms with E-state index in [0.29, 0.717) is 0 Å². The van der Waals surface area contributed by atoms with Gasteiger partial charge in [-0.25, -0.2) is 4.98 Å². The summed E-state index contributed by atoms with van der Waals surface area (Å²) in [5, 5.41) is 0. The smallest absolute Gasteiger partial charge is 0.255 e. The van der Waals surface area contributed by atoms with Crippen LogP contribution in [-0.4, -0.2) is 9.97 Å². The van der Waals surface area contributed by atoms with Crippen LogP contribution in [0.4, 0.5) is 5.95 Å². The van der Waals surface area contributed by atoms with Gasteiger partial charge in [0, 0.05) is 11.0 Å². The predicted molar refractivity (Wildman–Crippen MR) is 73.9 cm³/mol. The van der Waals surface area contributed by atoms with Crippen LogP contribution in [0.2, 0.25) is 0 Å². The average molecular weight is 259 g/mol. The highest BCUT2D eigenvalue weighted by Crippen LogP contribution is 2.60. The van der Waals surface area contributed by atoms with Crippen molar-refractivity contribution in [1.82, 2.24) is 9.97 Å². The van der Waals surface area contributed by atoms with Crippen molar-refractivity contribution in [1.29, 1.82) is 0 Å². The fraction of sp³-hybridized carbons (Fsp3) is 0.733. The molecule has 4 aliphatic rings. The molecule has 0 aromatic carbocycles. The zero-order valence-electron chi connectivity index (χ0n) is 11.4. The van der Waals surface area contributed by atoms with Gasteiger partial charge in [0.1, 0.15) is 0 Å². The lowest BCUT2D eigenvalue weighted by Gasteiger charge is -2.56. The van der Waals surface area contributed by atoms with E-state index >= 15 is 0 Å². The molecule has 4 aliphatic carbocycles. The third-order valence-electron chi connectivity index (χ3n) is 5.71. The van der Waals surface area contributed by atoms with Gasteiger partial charge in [0.15, 0.2) is 0 Å². The molecule has 5 rings (SSSR count). The summed E-state index contributed by atoms with van der Waals surface area (Å²) in [4.78, 5) is 19.1. The van der Waals surface area contributed by atoms with Crippen molar-refractivity contribution in [2.24, 2.45) is 17.8 Å². The van der Waals surface area contributed by atoms with Crippen LogP contribution >= 0.6 is 0 Å². The largest absolute Gasteiger partial charge is 0.369 e. The van der Waals surface area contributed by atoms with Crippen LogP contribution in [0.25, 0.3) is 0 Å². The topological polar surface area (TPSA) is 71.8 Å². The Labute approximate surface area is 112 Å². The first-order valence-electron chi connectivity index (χ1n) is 7.42. The number of rotatable bonds is 1. The molecule has 4 nitrogen and oxygen atoms in total. The Morgan fingerprint density at radius 3 is 2.21 bits per heavy atom. The summed E-state index contributed by atoms with van der Waals surface area (Å²) in [7, 11) is 0. The van der Waals surface area contributed by atoms with E-state index in [0.717, 1.165) is 29.0 Å². The van der Waals surface area contributed by atoms with E-state index in [1.54, 1.807) is 0 Å². The average Bonchev–Trinajstić information content (AvgIpc) is 2.32. The van der Waals surface area contributed by atoms with Crippen LogP contribution in [0.3, 0.4) is 0 Å². The van der Waals surface area contributed by atoms with Gasteiger partial charge in [-0.3, -0.25) is 9.78 Å². The lowest BCUT2D eigenvalue weighted by molar-refractivity contribution is -0.00755. The number of hydrogen-bond donors (Lipinski definition) is 2. The SMILES string of the molecule is Cc1c(C23CC4CC(CC(C4)C2)C3)nc(N)[nH]c1=O. The Bertz CT molecular complexity index is 554. The van der Waals surface area contributed by atoms with Crippen molar-refractivity contribution in [3.8, 4) is 0 Å². The summed E-state index contributed by atoms with van der Waals surface area (Å²) in [6.45, 7) is 1.90. The molecule has 0 unspecified atom stereocenters. The highest BCUT2D eigenvalue weighted by atomic mass is 16.1. The second-order valence-electron chi connectivity index (χ2n) is 7.12. The van der Waals surface area contributed by atoms with E-state index in [9.17, 15) is 4.79 Å². The number of nitrogens with two attached hydrogens (primary N) is 1. The maximum Gasteiger partial charge on any atom is 0.255 e. The number of H-pyrrole nitrogens is 1. The van der Waals surface area contributed by atoms with E-state index in [2.05, 4.69) is 9.97 Å². The van der Waals surface area contributed by atoms with E-state index < -0.39 is 0 Å². The molecule has 0 amide bonds. The minimum absolute atomic E-state index is 0.0572. The Balaban J connectivity index is 1.86. The van der Waals surface area contributed by atoms with Crippen LogP contribution < -0.4 is 11.3 Å². The Hall–Kier alpha value is -1.32. The standard InChI is InChI=1S/C15H21N3O/c1-8-12(17-14(16)18-13(8)19)15-5-9-2-10(6-15)4-11(3-9)7-15/h9-11H,2-7H2,1H3,(H3,16,17,18,19). The summed E-state index contributed by atoms with van der Waals surface area (Å²) >= 11 is 0. The van der Waals surface area contributed by atoms with Crippen LogP contribution in [0.15, 0.2) is 4.79 Å². The fourth-order valence-corrected chi connectivity index (χ4v) is 5.47. The van der Waals surface area contributed by atoms with Gasteiger partial charge in [0.25, 0.3) is 5.56 Å². The molecule has 102 valence electrons. The maximum absolute atomic E-state index is 12.0. The van der Waals surface area contributed by atoms with Gasteiger partial charge < -0.3 is 5.73 Å². The number of aromatic nitrogens is 2. The number of anilines is 1. The van der Waals surface area contributed by atoms with Gasteiger partial charge >= 0.3 is 0 Å². The first-order chi connectivity index (χ1) is 9.06. The van der Waals surface area contributed by atoms with Gasteiger partial charge in [-0.1, -0.05) is 0 Å². The highest BCUT2D eigenvalue weighted by molar-refractivity contribution is 5.33. The molecule has 4 fully saturated rings. The van der Waals surface area contributed by atoms with E-state index in [4.69, 9.17) is 5.73 Å². The van der Waals surface area contributed by atoms with Crippen LogP contribution in [0, 0.1) is 24.7 Å². The third kappa shape index (κ3) is 1.58. The summed E-state index contributed by atoms with van der Waals surface area (Å²) < 4.78 is 0. The summed E-state index contributed by atoms with van der Waals surface area (Å²) in [5.74, 6) is 2.84. The molecule has 1 heterocycles. The zero-order valence-corrected chi connectivity index (χ0v) is 11.4. The molecule has 4 bridgehead atoms. The van der Waals surface area contributed by atoms with Crippen molar-refractivity contribution in [3.63, 3.8) is 0 Å². The number of hydrogen-bond acceptors (Lipinski definition) is 3. The molecule has 0 spiro atoms. The molecule has 3 N–H and O–H groups in total. The normalized spacial score (nSPS) is 39.7. The molecule has 0 radical (unpaired) electrons. The van der Waals surface area contributed by atoms with Crippen molar-refractivity contribution < 1.29 is 0 Å². The fourth-order valence-electron chi connectivity index (χ4n) is 5.47. The second-order valence-corrected chi connectivity index (χ2v) is 7.12. The number of nitrogen functional groups attached to an aromatic ring is 1. The Morgan fingerprint density at radius 1 is 1.16 bits per heavy atom. The molecule has 0 atom stereocenters. The van der Waals surface area contributed by atoms with Gasteiger partial charge in [-0.2, -0.15) is 0 Å². The molecular weight excluding hydrogens is 238 g/mol. The van der Waals surface area contributed by atoms with Gasteiger partial charge in [0.2, 0.25) is 5.95 Å². The maximum atomic E-state index is 12.0. The zero-order chi connectivity index (χ0) is 13.2. The Kier molecular flexibility index (Phi) is 2.19. The number of aromatic amines is 1. The van der Waals surface area contributed by atoms with Crippen molar-refractivity contribution in [3.05, 3.63) is 21.6 Å². The van der Waals surface area contributed by atoms with Crippen molar-refractivity contribution in [2.75, 3.05) is 5.73 Å². The molecule has 4 saturated carbocycles. The molecule has 19 heavy (non-hydrogen) atoms. The van der Waals surface area contributed by atoms with Crippen LogP contribution in [-0.2, 0) is 5.41 Å². The summed E-state index contributed by atoms with van der Waals surface area (Å²) in [6, 6.07) is 0. The first kappa shape index (κ1) is 11.5. The van der Waals surface area contributed by atoms with Crippen LogP contribution in [0.1, 0.15) is 49.8 Å². The summed E-state index contributed by atoms with van der Waals surface area (Å²) in [5.41, 5.74) is 7.67. The lowest BCUT2D eigenvalue weighted by Crippen LogP contribution is -2.49. The molecule has 1 aromatic heterocycles. The molecule has 0 aliphatic heterocycles. The van der Waals surface area contributed by atoms with Crippen LogP contribution in [0.5, 0.6) is 0 Å². The van der Waals surface area contributed by atoms with Gasteiger partial charge in [-0.15, -0.1) is 0 Å². The quantitative estimate of drug-likeness (QED) is 0.811. The minimum atomic E-state index is -0.0572. The van der Waals surface area contributed by atoms with E-state index in [1.807, 2.05) is 6.92 Å². The number of nitrogens with one attached hydrogen (secondary N) is 1. The monoisotopic (exact) mass is 259 g/mol. The predicted octanol–water partition coefficient (Wildman–Crippen LogP) is 2.13. The molecule has 1 aromatic rings. The van der Waals surface area contributed by atoms with E-state index in [-0.39, 0.29) is 16.9 Å². The molecule has 0 saturated heterocycles. The second kappa shape index (κ2) is 3.62. The van der Waals surface area contributed by atoms with Gasteiger partial charge in [-0.05, 0) is 63.2 Å². The Morgan fingerprint density at radius 2 is 1.68 bits per heavy atom. The highest BCUT2D eigenvalue weighted by Gasteiger charge is 2.53. The first-order valence-corrected chi connectivity index (χ1v) is 7.42. The van der Waals surface area contributed by atoms with Gasteiger partial charge in [0.05, 0.1) is 5.69 Å². The minimum Gasteiger partial charge on any atom is -0.369 e. The summed E-state index contributed by atoms with van der Waals surface area (Å²) in [6.07, 6.45) is 7.85. The van der Waals surface area contributed by atoms with Crippen molar-refractivity contribution in [2.45, 2.75) is 50.9 Å². The van der Waals surface area contributed by atoms with E-state index in [1.165, 1.54) is 38.5 Å². The number of nitrogens with zero attached hydrogens (tertiary/aromatic N) is 1. The van der Waals surface area contributed by atoms with Crippen molar-refractivity contribution >= 4 is 5.95 Å². The molecule has 4 heteroatoms. The lowest BCUT2D eigenvalue weighted by atomic mass is 9.48.